The van der Waals surface area contributed by atoms with Gasteiger partial charge in [-0.05, 0) is 25.1 Å². The van der Waals surface area contributed by atoms with Crippen LogP contribution in [0.1, 0.15) is 15.2 Å². The van der Waals surface area contributed by atoms with Gasteiger partial charge in [0.2, 0.25) is 0 Å². The predicted octanol–water partition coefficient (Wildman–Crippen LogP) is 3.06. The van der Waals surface area contributed by atoms with Crippen LogP contribution in [0.3, 0.4) is 0 Å². The Labute approximate surface area is 107 Å². The van der Waals surface area contributed by atoms with Gasteiger partial charge in [-0.3, -0.25) is 10.1 Å². The molecule has 88 valence electrons. The number of phenolic OH excluding ortho intramolecular Hbond substituents is 1. The first-order valence-corrected chi connectivity index (χ1v) is 5.98. The molecule has 0 aliphatic rings. The topological polar surface area (TPSA) is 62.2 Å². The number of benzene rings is 1. The second kappa shape index (κ2) is 4.73. The molecule has 0 atom stereocenters. The molecule has 1 heterocycles. The van der Waals surface area contributed by atoms with Gasteiger partial charge in [-0.2, -0.15) is 0 Å². The van der Waals surface area contributed by atoms with E-state index in [4.69, 9.17) is 11.6 Å². The van der Waals surface area contributed by atoms with Gasteiger partial charge in [-0.25, -0.2) is 4.98 Å². The number of rotatable bonds is 2. The van der Waals surface area contributed by atoms with Gasteiger partial charge in [0.05, 0.1) is 5.56 Å². The van der Waals surface area contributed by atoms with Gasteiger partial charge in [0.1, 0.15) is 5.75 Å². The van der Waals surface area contributed by atoms with E-state index >= 15 is 0 Å². The van der Waals surface area contributed by atoms with Gasteiger partial charge in [0.15, 0.2) is 5.13 Å². The van der Waals surface area contributed by atoms with Crippen molar-refractivity contribution in [2.45, 2.75) is 6.92 Å². The zero-order valence-electron chi connectivity index (χ0n) is 8.90. The van der Waals surface area contributed by atoms with Gasteiger partial charge in [-0.15, -0.1) is 11.3 Å². The fourth-order valence-electron chi connectivity index (χ4n) is 1.27. The Bertz CT molecular complexity index is 568. The molecule has 2 aromatic rings. The number of carbonyl (C=O) groups is 1. The molecule has 0 unspecified atom stereocenters. The van der Waals surface area contributed by atoms with Crippen LogP contribution in [0.4, 0.5) is 5.13 Å². The molecular formula is C11H9ClN2O2S. The Kier molecular flexibility index (Phi) is 3.31. The molecule has 0 aliphatic carbocycles. The molecule has 6 heteroatoms. The van der Waals surface area contributed by atoms with Crippen molar-refractivity contribution < 1.29 is 9.90 Å². The number of hydrogen-bond donors (Lipinski definition) is 2. The lowest BCUT2D eigenvalue weighted by molar-refractivity contribution is 0.102. The van der Waals surface area contributed by atoms with Crippen LogP contribution >= 0.6 is 22.9 Å². The van der Waals surface area contributed by atoms with Crippen LogP contribution in [0.25, 0.3) is 0 Å². The molecule has 0 saturated carbocycles. The summed E-state index contributed by atoms with van der Waals surface area (Å²) in [4.78, 5) is 16.8. The standard InChI is InChI=1S/C11H9ClN2O2S/c1-6-5-13-11(17-6)14-10(16)8-3-2-7(12)4-9(8)15/h2-5,15H,1H3,(H,13,14,16). The summed E-state index contributed by atoms with van der Waals surface area (Å²) in [5.41, 5.74) is 0.169. The number of carbonyl (C=O) groups excluding carboxylic acids is 1. The molecule has 0 saturated heterocycles. The van der Waals surface area contributed by atoms with Crippen molar-refractivity contribution in [1.29, 1.82) is 0 Å². The Morgan fingerprint density at radius 2 is 2.29 bits per heavy atom. The van der Waals surface area contributed by atoms with Gasteiger partial charge < -0.3 is 5.11 Å². The van der Waals surface area contributed by atoms with E-state index in [1.807, 2.05) is 6.92 Å². The van der Waals surface area contributed by atoms with Crippen LogP contribution in [0.5, 0.6) is 5.75 Å². The van der Waals surface area contributed by atoms with Crippen LogP contribution in [0, 0.1) is 6.92 Å². The third-order valence-electron chi connectivity index (χ3n) is 2.05. The number of nitrogens with one attached hydrogen (secondary N) is 1. The SMILES string of the molecule is Cc1cnc(NC(=O)c2ccc(Cl)cc2O)s1. The third-order valence-corrected chi connectivity index (χ3v) is 3.11. The van der Waals surface area contributed by atoms with Crippen molar-refractivity contribution in [3.8, 4) is 5.75 Å². The molecule has 0 fully saturated rings. The fourth-order valence-corrected chi connectivity index (χ4v) is 2.10. The highest BCUT2D eigenvalue weighted by Gasteiger charge is 2.12. The Hall–Kier alpha value is -1.59. The summed E-state index contributed by atoms with van der Waals surface area (Å²) < 4.78 is 0. The summed E-state index contributed by atoms with van der Waals surface area (Å²) in [5, 5.41) is 13.1. The van der Waals surface area contributed by atoms with E-state index in [1.54, 1.807) is 12.3 Å². The van der Waals surface area contributed by atoms with Crippen molar-refractivity contribution >= 4 is 34.0 Å². The molecule has 4 nitrogen and oxygen atoms in total. The van der Waals surface area contributed by atoms with Gasteiger partial charge >= 0.3 is 0 Å². The number of anilines is 1. The van der Waals surface area contributed by atoms with E-state index in [0.29, 0.717) is 10.2 Å². The Morgan fingerprint density at radius 3 is 2.88 bits per heavy atom. The first kappa shape index (κ1) is 11.9. The number of nitrogens with zero attached hydrogens (tertiary/aromatic N) is 1. The number of aromatic nitrogens is 1. The minimum Gasteiger partial charge on any atom is -0.507 e. The summed E-state index contributed by atoms with van der Waals surface area (Å²) >= 11 is 7.05. The highest BCUT2D eigenvalue weighted by atomic mass is 35.5. The summed E-state index contributed by atoms with van der Waals surface area (Å²) in [5.74, 6) is -0.559. The first-order chi connectivity index (χ1) is 8.06. The second-order valence-corrected chi connectivity index (χ2v) is 5.06. The van der Waals surface area contributed by atoms with Crippen LogP contribution in [0.2, 0.25) is 5.02 Å². The van der Waals surface area contributed by atoms with E-state index in [1.165, 1.54) is 23.5 Å². The lowest BCUT2D eigenvalue weighted by Crippen LogP contribution is -2.11. The van der Waals surface area contributed by atoms with Crippen LogP contribution in [-0.2, 0) is 0 Å². The maximum Gasteiger partial charge on any atom is 0.261 e. The van der Waals surface area contributed by atoms with Crippen LogP contribution < -0.4 is 5.32 Å². The lowest BCUT2D eigenvalue weighted by Gasteiger charge is -2.04. The summed E-state index contributed by atoms with van der Waals surface area (Å²) in [6.07, 6.45) is 1.67. The summed E-state index contributed by atoms with van der Waals surface area (Å²) in [7, 11) is 0. The number of amides is 1. The van der Waals surface area contributed by atoms with Gasteiger partial charge in [0, 0.05) is 16.1 Å². The number of thiazole rings is 1. The number of halogens is 1. The number of hydrogen-bond acceptors (Lipinski definition) is 4. The lowest BCUT2D eigenvalue weighted by atomic mass is 10.2. The molecule has 2 rings (SSSR count). The van der Waals surface area contributed by atoms with Crippen LogP contribution in [-0.4, -0.2) is 16.0 Å². The minimum atomic E-state index is -0.409. The van der Waals surface area contributed by atoms with Crippen molar-refractivity contribution in [3.63, 3.8) is 0 Å². The fraction of sp³-hybridized carbons (Fsp3) is 0.0909. The molecule has 0 radical (unpaired) electrons. The first-order valence-electron chi connectivity index (χ1n) is 4.78. The number of phenols is 1. The van der Waals surface area contributed by atoms with E-state index in [0.717, 1.165) is 4.88 Å². The van der Waals surface area contributed by atoms with E-state index in [2.05, 4.69) is 10.3 Å². The third kappa shape index (κ3) is 2.75. The van der Waals surface area contributed by atoms with Crippen molar-refractivity contribution in [2.75, 3.05) is 5.32 Å². The number of aryl methyl sites for hydroxylation is 1. The molecule has 0 aliphatic heterocycles. The number of aromatic hydroxyl groups is 1. The zero-order valence-corrected chi connectivity index (χ0v) is 10.5. The second-order valence-electron chi connectivity index (χ2n) is 3.39. The maximum atomic E-state index is 11.8. The predicted molar refractivity (Wildman–Crippen MR) is 67.9 cm³/mol. The maximum absolute atomic E-state index is 11.8. The van der Waals surface area contributed by atoms with Crippen molar-refractivity contribution in [3.05, 3.63) is 39.9 Å². The molecule has 17 heavy (non-hydrogen) atoms. The minimum absolute atomic E-state index is 0.150. The Balaban J connectivity index is 2.20. The van der Waals surface area contributed by atoms with Gasteiger partial charge in [0.25, 0.3) is 5.91 Å². The van der Waals surface area contributed by atoms with E-state index in [9.17, 15) is 9.90 Å². The molecule has 2 N–H and O–H groups in total. The monoisotopic (exact) mass is 268 g/mol. The molecular weight excluding hydrogens is 260 g/mol. The Morgan fingerprint density at radius 1 is 1.53 bits per heavy atom. The molecule has 1 aromatic heterocycles. The average molecular weight is 269 g/mol. The zero-order chi connectivity index (χ0) is 12.4. The quantitative estimate of drug-likeness (QED) is 0.880. The average Bonchev–Trinajstić information content (AvgIpc) is 2.63. The molecule has 0 spiro atoms. The normalized spacial score (nSPS) is 10.2. The smallest absolute Gasteiger partial charge is 0.261 e. The van der Waals surface area contributed by atoms with E-state index in [-0.39, 0.29) is 11.3 Å². The van der Waals surface area contributed by atoms with E-state index < -0.39 is 5.91 Å². The molecule has 1 aromatic carbocycles. The molecule has 1 amide bonds. The van der Waals surface area contributed by atoms with Crippen molar-refractivity contribution in [1.82, 2.24) is 4.98 Å². The highest BCUT2D eigenvalue weighted by Crippen LogP contribution is 2.24. The van der Waals surface area contributed by atoms with Crippen LogP contribution in [0.15, 0.2) is 24.4 Å². The van der Waals surface area contributed by atoms with Crippen molar-refractivity contribution in [2.24, 2.45) is 0 Å². The summed E-state index contributed by atoms with van der Waals surface area (Å²) in [6, 6.07) is 4.33. The molecule has 0 bridgehead atoms. The largest absolute Gasteiger partial charge is 0.507 e. The highest BCUT2D eigenvalue weighted by molar-refractivity contribution is 7.15. The van der Waals surface area contributed by atoms with Gasteiger partial charge in [-0.1, -0.05) is 11.6 Å². The summed E-state index contributed by atoms with van der Waals surface area (Å²) in [6.45, 7) is 1.90.